The molecule has 0 bridgehead atoms. The van der Waals surface area contributed by atoms with Crippen molar-refractivity contribution in [1.82, 2.24) is 20.2 Å². The Morgan fingerprint density at radius 2 is 2.32 bits per heavy atom. The molecule has 0 radical (unpaired) electrons. The molecule has 100 valence electrons. The van der Waals surface area contributed by atoms with Crippen molar-refractivity contribution in [1.29, 1.82) is 0 Å². The summed E-state index contributed by atoms with van der Waals surface area (Å²) in [6.07, 6.45) is 0.358. The van der Waals surface area contributed by atoms with Crippen LogP contribution in [0.3, 0.4) is 0 Å². The molecule has 7 heteroatoms. The third kappa shape index (κ3) is 3.34. The van der Waals surface area contributed by atoms with Crippen LogP contribution in [0.25, 0.3) is 0 Å². The van der Waals surface area contributed by atoms with Gasteiger partial charge in [-0.15, -0.1) is 5.10 Å². The average molecular weight is 264 g/mol. The Morgan fingerprint density at radius 3 is 3.00 bits per heavy atom. The van der Waals surface area contributed by atoms with Gasteiger partial charge < -0.3 is 5.11 Å². The molecule has 1 aromatic heterocycles. The summed E-state index contributed by atoms with van der Waals surface area (Å²) in [5.41, 5.74) is 0.735. The highest BCUT2D eigenvalue weighted by Gasteiger charge is 2.15. The van der Waals surface area contributed by atoms with Gasteiger partial charge in [0.25, 0.3) is 0 Å². The number of hydrogen-bond donors (Lipinski definition) is 1. The van der Waals surface area contributed by atoms with Gasteiger partial charge >= 0.3 is 5.97 Å². The normalized spacial score (nSPS) is 12.3. The number of rotatable bonds is 5. The van der Waals surface area contributed by atoms with E-state index in [2.05, 4.69) is 15.5 Å². The monoisotopic (exact) mass is 264 g/mol. The molecular formula is C12H13FN4O2. The molecule has 1 aromatic carbocycles. The zero-order chi connectivity index (χ0) is 13.8. The van der Waals surface area contributed by atoms with E-state index in [9.17, 15) is 9.18 Å². The second-order valence-electron chi connectivity index (χ2n) is 4.32. The number of hydrogen-bond acceptors (Lipinski definition) is 4. The van der Waals surface area contributed by atoms with Crippen molar-refractivity contribution in [2.24, 2.45) is 5.92 Å². The van der Waals surface area contributed by atoms with E-state index < -0.39 is 11.9 Å². The largest absolute Gasteiger partial charge is 0.481 e. The molecule has 1 unspecified atom stereocenters. The summed E-state index contributed by atoms with van der Waals surface area (Å²) < 4.78 is 14.5. The number of tetrazole rings is 1. The van der Waals surface area contributed by atoms with Crippen molar-refractivity contribution >= 4 is 5.97 Å². The van der Waals surface area contributed by atoms with Gasteiger partial charge in [-0.2, -0.15) is 0 Å². The van der Waals surface area contributed by atoms with Crippen LogP contribution in [-0.4, -0.2) is 31.3 Å². The van der Waals surface area contributed by atoms with Crippen LogP contribution in [0.15, 0.2) is 24.3 Å². The van der Waals surface area contributed by atoms with E-state index in [1.165, 1.54) is 16.8 Å². The molecule has 6 nitrogen and oxygen atoms in total. The number of benzene rings is 1. The summed E-state index contributed by atoms with van der Waals surface area (Å²) in [5.74, 6) is -1.31. The summed E-state index contributed by atoms with van der Waals surface area (Å²) >= 11 is 0. The lowest BCUT2D eigenvalue weighted by atomic mass is 10.1. The SMILES string of the molecule is CC(Cn1nnnc1Cc1cccc(F)c1)C(=O)O. The van der Waals surface area contributed by atoms with Gasteiger partial charge in [0.1, 0.15) is 5.82 Å². The standard InChI is InChI=1S/C12H13FN4O2/c1-8(12(18)19)7-17-11(14-15-16-17)6-9-3-2-4-10(13)5-9/h2-5,8H,6-7H2,1H3,(H,18,19). The van der Waals surface area contributed by atoms with E-state index in [1.807, 2.05) is 0 Å². The zero-order valence-electron chi connectivity index (χ0n) is 10.3. The van der Waals surface area contributed by atoms with E-state index in [0.29, 0.717) is 12.2 Å². The van der Waals surface area contributed by atoms with Crippen LogP contribution in [-0.2, 0) is 17.8 Å². The lowest BCUT2D eigenvalue weighted by Crippen LogP contribution is -2.19. The number of aliphatic carboxylic acids is 1. The number of carboxylic acid groups (broad SMARTS) is 1. The Balaban J connectivity index is 2.13. The van der Waals surface area contributed by atoms with Gasteiger partial charge in [0.2, 0.25) is 0 Å². The maximum absolute atomic E-state index is 13.1. The molecular weight excluding hydrogens is 251 g/mol. The van der Waals surface area contributed by atoms with E-state index in [0.717, 1.165) is 5.56 Å². The van der Waals surface area contributed by atoms with Gasteiger partial charge in [-0.25, -0.2) is 9.07 Å². The predicted molar refractivity (Wildman–Crippen MR) is 63.8 cm³/mol. The fraction of sp³-hybridized carbons (Fsp3) is 0.333. The van der Waals surface area contributed by atoms with Gasteiger partial charge in [-0.05, 0) is 28.1 Å². The molecule has 1 heterocycles. The quantitative estimate of drug-likeness (QED) is 0.875. The lowest BCUT2D eigenvalue weighted by molar-refractivity contribution is -0.141. The summed E-state index contributed by atoms with van der Waals surface area (Å²) in [6, 6.07) is 6.14. The van der Waals surface area contributed by atoms with E-state index >= 15 is 0 Å². The van der Waals surface area contributed by atoms with E-state index in [1.54, 1.807) is 19.1 Å². The third-order valence-corrected chi connectivity index (χ3v) is 2.73. The van der Waals surface area contributed by atoms with Crippen molar-refractivity contribution in [3.8, 4) is 0 Å². The minimum atomic E-state index is -0.910. The number of halogens is 1. The molecule has 1 N–H and O–H groups in total. The van der Waals surface area contributed by atoms with Gasteiger partial charge in [0, 0.05) is 6.42 Å². The first-order valence-corrected chi connectivity index (χ1v) is 5.78. The van der Waals surface area contributed by atoms with Gasteiger partial charge in [-0.3, -0.25) is 4.79 Å². The van der Waals surface area contributed by atoms with Crippen LogP contribution in [0, 0.1) is 11.7 Å². The molecule has 0 fully saturated rings. The van der Waals surface area contributed by atoms with Crippen molar-refractivity contribution in [2.75, 3.05) is 0 Å². The van der Waals surface area contributed by atoms with Crippen LogP contribution in [0.4, 0.5) is 4.39 Å². The Kier molecular flexibility index (Phi) is 3.84. The second-order valence-corrected chi connectivity index (χ2v) is 4.32. The lowest BCUT2D eigenvalue weighted by Gasteiger charge is -2.08. The highest BCUT2D eigenvalue weighted by molar-refractivity contribution is 5.69. The van der Waals surface area contributed by atoms with Crippen molar-refractivity contribution in [3.63, 3.8) is 0 Å². The molecule has 0 aliphatic carbocycles. The summed E-state index contributed by atoms with van der Waals surface area (Å²) in [4.78, 5) is 10.8. The molecule has 0 amide bonds. The predicted octanol–water partition coefficient (Wildman–Crippen LogP) is 1.12. The number of carboxylic acids is 1. The average Bonchev–Trinajstić information content (AvgIpc) is 2.76. The Labute approximate surface area is 108 Å². The maximum atomic E-state index is 13.1. The first-order valence-electron chi connectivity index (χ1n) is 5.78. The Bertz CT molecular complexity index is 585. The Morgan fingerprint density at radius 1 is 1.53 bits per heavy atom. The van der Waals surface area contributed by atoms with Gasteiger partial charge in [-0.1, -0.05) is 19.1 Å². The smallest absolute Gasteiger partial charge is 0.308 e. The van der Waals surface area contributed by atoms with Crippen LogP contribution < -0.4 is 0 Å². The molecule has 0 saturated heterocycles. The van der Waals surface area contributed by atoms with Gasteiger partial charge in [0.05, 0.1) is 12.5 Å². The molecule has 19 heavy (non-hydrogen) atoms. The van der Waals surface area contributed by atoms with Crippen LogP contribution in [0.1, 0.15) is 18.3 Å². The van der Waals surface area contributed by atoms with Gasteiger partial charge in [0.15, 0.2) is 5.82 Å². The number of nitrogens with zero attached hydrogens (tertiary/aromatic N) is 4. The zero-order valence-corrected chi connectivity index (χ0v) is 10.3. The maximum Gasteiger partial charge on any atom is 0.308 e. The summed E-state index contributed by atoms with van der Waals surface area (Å²) in [5, 5.41) is 20.0. The summed E-state index contributed by atoms with van der Waals surface area (Å²) in [7, 11) is 0. The topological polar surface area (TPSA) is 80.9 Å². The first-order chi connectivity index (χ1) is 9.06. The summed E-state index contributed by atoms with van der Waals surface area (Å²) in [6.45, 7) is 1.77. The highest BCUT2D eigenvalue weighted by atomic mass is 19.1. The highest BCUT2D eigenvalue weighted by Crippen LogP contribution is 2.10. The fourth-order valence-corrected chi connectivity index (χ4v) is 1.66. The molecule has 0 aliphatic rings. The minimum Gasteiger partial charge on any atom is -0.481 e. The van der Waals surface area contributed by atoms with Crippen LogP contribution in [0.5, 0.6) is 0 Å². The Hall–Kier alpha value is -2.31. The molecule has 0 saturated carbocycles. The third-order valence-electron chi connectivity index (χ3n) is 2.73. The molecule has 1 atom stereocenters. The van der Waals surface area contributed by atoms with Crippen LogP contribution >= 0.6 is 0 Å². The molecule has 0 spiro atoms. The van der Waals surface area contributed by atoms with E-state index in [4.69, 9.17) is 5.11 Å². The second kappa shape index (κ2) is 5.55. The van der Waals surface area contributed by atoms with Crippen molar-refractivity contribution < 1.29 is 14.3 Å². The number of carbonyl (C=O) groups is 1. The van der Waals surface area contributed by atoms with Crippen LogP contribution in [0.2, 0.25) is 0 Å². The molecule has 2 aromatic rings. The van der Waals surface area contributed by atoms with Crippen molar-refractivity contribution in [3.05, 3.63) is 41.5 Å². The molecule has 2 rings (SSSR count). The fourth-order valence-electron chi connectivity index (χ4n) is 1.66. The number of aromatic nitrogens is 4. The minimum absolute atomic E-state index is 0.187. The first kappa shape index (κ1) is 13.1. The van der Waals surface area contributed by atoms with Crippen molar-refractivity contribution in [2.45, 2.75) is 19.9 Å². The van der Waals surface area contributed by atoms with E-state index in [-0.39, 0.29) is 12.4 Å². The molecule has 0 aliphatic heterocycles.